The standard InChI is InChI=1S/C17H16F4N4O.C2HF3O2/c18-11-3-1-4-12(19)14(11)17(20,21)16(26)24-13-5-2-6-23-15(13)25-9-7-22-8-10-25;3-2(4,5)1(6)7/h1-6,22H,7-10H2,(H,24,26);(H,6,7). The maximum absolute atomic E-state index is 14.4. The van der Waals surface area contributed by atoms with Gasteiger partial charge in [-0.1, -0.05) is 6.07 Å². The van der Waals surface area contributed by atoms with Crippen molar-refractivity contribution >= 4 is 23.4 Å². The minimum Gasteiger partial charge on any atom is -0.475 e. The average molecular weight is 482 g/mol. The van der Waals surface area contributed by atoms with E-state index in [1.54, 1.807) is 0 Å². The van der Waals surface area contributed by atoms with Gasteiger partial charge in [0.05, 0.1) is 5.69 Å². The summed E-state index contributed by atoms with van der Waals surface area (Å²) in [4.78, 5) is 27.0. The SMILES string of the molecule is O=C(Nc1cccnc1N1CCNCC1)C(F)(F)c1c(F)cccc1F.O=C(O)C(F)(F)F. The van der Waals surface area contributed by atoms with Gasteiger partial charge in [0.2, 0.25) is 0 Å². The lowest BCUT2D eigenvalue weighted by Crippen LogP contribution is -2.44. The van der Waals surface area contributed by atoms with Crippen LogP contribution >= 0.6 is 0 Å². The lowest BCUT2D eigenvalue weighted by Gasteiger charge is -2.30. The summed E-state index contributed by atoms with van der Waals surface area (Å²) in [6.07, 6.45) is -3.61. The summed E-state index contributed by atoms with van der Waals surface area (Å²) in [5, 5.41) is 12.3. The van der Waals surface area contributed by atoms with Crippen molar-refractivity contribution in [1.82, 2.24) is 10.3 Å². The monoisotopic (exact) mass is 482 g/mol. The largest absolute Gasteiger partial charge is 0.490 e. The van der Waals surface area contributed by atoms with Crippen LogP contribution in [0, 0.1) is 11.6 Å². The topological polar surface area (TPSA) is 94.6 Å². The number of aliphatic carboxylic acids is 1. The molecular formula is C19H17F7N4O3. The molecule has 0 saturated carbocycles. The highest BCUT2D eigenvalue weighted by Gasteiger charge is 2.46. The van der Waals surface area contributed by atoms with Crippen molar-refractivity contribution in [2.75, 3.05) is 36.4 Å². The highest BCUT2D eigenvalue weighted by Crippen LogP contribution is 2.34. The normalized spacial score (nSPS) is 14.2. The van der Waals surface area contributed by atoms with E-state index in [0.717, 1.165) is 6.07 Å². The molecule has 0 atom stereocenters. The lowest BCUT2D eigenvalue weighted by molar-refractivity contribution is -0.192. The molecule has 0 unspecified atom stereocenters. The van der Waals surface area contributed by atoms with Crippen LogP contribution in [0.15, 0.2) is 36.5 Å². The van der Waals surface area contributed by atoms with Crippen LogP contribution in [0.5, 0.6) is 0 Å². The molecule has 0 spiro atoms. The maximum Gasteiger partial charge on any atom is 0.490 e. The number of rotatable bonds is 4. The molecule has 3 N–H and O–H groups in total. The molecule has 3 rings (SSSR count). The number of hydrogen-bond donors (Lipinski definition) is 3. The van der Waals surface area contributed by atoms with Gasteiger partial charge in [-0.25, -0.2) is 18.6 Å². The number of anilines is 2. The van der Waals surface area contributed by atoms with Crippen molar-refractivity contribution in [3.63, 3.8) is 0 Å². The second-order valence-corrected chi connectivity index (χ2v) is 6.54. The van der Waals surface area contributed by atoms with Crippen LogP contribution in [-0.4, -0.2) is 54.3 Å². The fraction of sp³-hybridized carbons (Fsp3) is 0.316. The minimum absolute atomic E-state index is 0.0517. The summed E-state index contributed by atoms with van der Waals surface area (Å²) in [5.41, 5.74) is -1.53. The molecule has 33 heavy (non-hydrogen) atoms. The third-order valence-corrected chi connectivity index (χ3v) is 4.26. The summed E-state index contributed by atoms with van der Waals surface area (Å²) < 4.78 is 87.9. The smallest absolute Gasteiger partial charge is 0.475 e. The molecule has 1 aromatic heterocycles. The van der Waals surface area contributed by atoms with Gasteiger partial charge in [-0.3, -0.25) is 4.79 Å². The zero-order valence-corrected chi connectivity index (χ0v) is 16.6. The zero-order chi connectivity index (χ0) is 24.8. The predicted molar refractivity (Wildman–Crippen MR) is 102 cm³/mol. The Bertz CT molecular complexity index is 975. The van der Waals surface area contributed by atoms with Crippen molar-refractivity contribution in [1.29, 1.82) is 0 Å². The zero-order valence-electron chi connectivity index (χ0n) is 16.6. The van der Waals surface area contributed by atoms with E-state index in [9.17, 15) is 35.5 Å². The number of benzene rings is 1. The van der Waals surface area contributed by atoms with Gasteiger partial charge in [0.15, 0.2) is 5.82 Å². The number of aromatic nitrogens is 1. The molecule has 0 aliphatic carbocycles. The minimum atomic E-state index is -5.08. The van der Waals surface area contributed by atoms with Crippen LogP contribution in [0.25, 0.3) is 0 Å². The van der Waals surface area contributed by atoms with Crippen LogP contribution < -0.4 is 15.5 Å². The molecule has 180 valence electrons. The van der Waals surface area contributed by atoms with Gasteiger partial charge in [0.25, 0.3) is 5.91 Å². The van der Waals surface area contributed by atoms with E-state index in [1.165, 1.54) is 18.3 Å². The number of piperazine rings is 1. The van der Waals surface area contributed by atoms with Gasteiger partial charge < -0.3 is 20.6 Å². The van der Waals surface area contributed by atoms with Gasteiger partial charge in [-0.2, -0.15) is 22.0 Å². The second-order valence-electron chi connectivity index (χ2n) is 6.54. The van der Waals surface area contributed by atoms with Crippen LogP contribution in [-0.2, 0) is 15.5 Å². The molecule has 1 amide bonds. The van der Waals surface area contributed by atoms with E-state index in [2.05, 4.69) is 15.6 Å². The number of carbonyl (C=O) groups excluding carboxylic acids is 1. The van der Waals surface area contributed by atoms with Crippen molar-refractivity contribution in [2.45, 2.75) is 12.1 Å². The predicted octanol–water partition coefficient (Wildman–Crippen LogP) is 3.13. The van der Waals surface area contributed by atoms with Gasteiger partial charge >= 0.3 is 18.1 Å². The first kappa shape index (κ1) is 25.8. The highest BCUT2D eigenvalue weighted by atomic mass is 19.4. The third kappa shape index (κ3) is 6.54. The van der Waals surface area contributed by atoms with Crippen LogP contribution in [0.4, 0.5) is 42.2 Å². The van der Waals surface area contributed by atoms with E-state index in [0.29, 0.717) is 44.1 Å². The molecule has 0 bridgehead atoms. The van der Waals surface area contributed by atoms with E-state index < -0.39 is 41.2 Å². The molecule has 1 aliphatic rings. The van der Waals surface area contributed by atoms with Crippen molar-refractivity contribution in [3.05, 3.63) is 53.7 Å². The quantitative estimate of drug-likeness (QED) is 0.580. The van der Waals surface area contributed by atoms with E-state index >= 15 is 0 Å². The van der Waals surface area contributed by atoms with E-state index in [1.807, 2.05) is 4.90 Å². The molecule has 14 heteroatoms. The van der Waals surface area contributed by atoms with Gasteiger partial charge in [0, 0.05) is 32.4 Å². The number of nitrogens with zero attached hydrogens (tertiary/aromatic N) is 2. The number of hydrogen-bond acceptors (Lipinski definition) is 5. The molecular weight excluding hydrogens is 465 g/mol. The molecule has 1 aliphatic heterocycles. The average Bonchev–Trinajstić information content (AvgIpc) is 2.74. The first-order valence-corrected chi connectivity index (χ1v) is 9.20. The lowest BCUT2D eigenvalue weighted by atomic mass is 10.1. The Labute approximate surface area is 182 Å². The number of alkyl halides is 5. The Morgan fingerprint density at radius 2 is 1.55 bits per heavy atom. The summed E-state index contributed by atoms with van der Waals surface area (Å²) in [6.45, 7) is 2.53. The van der Waals surface area contributed by atoms with E-state index in [4.69, 9.17) is 9.90 Å². The molecule has 0 radical (unpaired) electrons. The maximum atomic E-state index is 14.4. The summed E-state index contributed by atoms with van der Waals surface area (Å²) in [5.74, 6) is -11.6. The van der Waals surface area contributed by atoms with Crippen LogP contribution in [0.3, 0.4) is 0 Å². The Kier molecular flexibility index (Phi) is 8.19. The molecule has 7 nitrogen and oxygen atoms in total. The number of amides is 1. The van der Waals surface area contributed by atoms with Gasteiger partial charge in [-0.05, 0) is 24.3 Å². The number of halogens is 7. The Morgan fingerprint density at radius 1 is 1.00 bits per heavy atom. The Hall–Kier alpha value is -3.42. The molecule has 1 aromatic carbocycles. The Balaban J connectivity index is 0.000000479. The molecule has 1 fully saturated rings. The molecule has 1 saturated heterocycles. The van der Waals surface area contributed by atoms with Crippen molar-refractivity contribution in [3.8, 4) is 0 Å². The number of nitrogens with one attached hydrogen (secondary N) is 2. The fourth-order valence-corrected chi connectivity index (χ4v) is 2.74. The number of carboxylic acid groups (broad SMARTS) is 1. The van der Waals surface area contributed by atoms with Crippen LogP contribution in [0.2, 0.25) is 0 Å². The summed E-state index contributed by atoms with van der Waals surface area (Å²) in [6, 6.07) is 5.19. The fourth-order valence-electron chi connectivity index (χ4n) is 2.74. The Morgan fingerprint density at radius 3 is 2.06 bits per heavy atom. The summed E-state index contributed by atoms with van der Waals surface area (Å²) in [7, 11) is 0. The van der Waals surface area contributed by atoms with Crippen molar-refractivity contribution < 1.29 is 45.4 Å². The first-order valence-electron chi connectivity index (χ1n) is 9.20. The number of carbonyl (C=O) groups is 2. The molecule has 2 heterocycles. The third-order valence-electron chi connectivity index (χ3n) is 4.26. The first-order chi connectivity index (χ1) is 15.4. The van der Waals surface area contributed by atoms with Gasteiger partial charge in [-0.15, -0.1) is 0 Å². The van der Waals surface area contributed by atoms with Crippen LogP contribution in [0.1, 0.15) is 5.56 Å². The number of carboxylic acids is 1. The molecule has 2 aromatic rings. The van der Waals surface area contributed by atoms with Crippen molar-refractivity contribution in [2.24, 2.45) is 0 Å². The highest BCUT2D eigenvalue weighted by molar-refractivity contribution is 5.98. The van der Waals surface area contributed by atoms with E-state index in [-0.39, 0.29) is 5.69 Å². The summed E-state index contributed by atoms with van der Waals surface area (Å²) >= 11 is 0. The van der Waals surface area contributed by atoms with Gasteiger partial charge in [0.1, 0.15) is 17.2 Å². The second kappa shape index (κ2) is 10.5. The number of pyridine rings is 1.